The molecule has 3 fully saturated rings. The number of hydrogen-bond acceptors (Lipinski definition) is 5. The van der Waals surface area contributed by atoms with E-state index in [1.165, 1.54) is 6.07 Å². The number of carbonyl (C=O) groups is 1. The maximum atomic E-state index is 12.8. The van der Waals surface area contributed by atoms with Gasteiger partial charge in [0, 0.05) is 28.5 Å². The molecule has 1 atom stereocenters. The summed E-state index contributed by atoms with van der Waals surface area (Å²) in [4.78, 5) is 16.8. The molecule has 2 bridgehead atoms. The van der Waals surface area contributed by atoms with Crippen molar-refractivity contribution in [3.8, 4) is 17.0 Å². The summed E-state index contributed by atoms with van der Waals surface area (Å²) in [5.41, 5.74) is 0.587. The molecule has 2 N–H and O–H groups in total. The lowest BCUT2D eigenvalue weighted by atomic mass is 9.44. The van der Waals surface area contributed by atoms with Crippen LogP contribution in [0.1, 0.15) is 24.8 Å². The Labute approximate surface area is 197 Å². The number of amides is 1. The van der Waals surface area contributed by atoms with Gasteiger partial charge in [-0.05, 0) is 49.6 Å². The quantitative estimate of drug-likeness (QED) is 0.573. The molecule has 7 rings (SSSR count). The summed E-state index contributed by atoms with van der Waals surface area (Å²) in [5, 5.41) is 11.3. The lowest BCUT2D eigenvalue weighted by Gasteiger charge is -2.70. The SMILES string of the molecule is O=C(NC12CC(n3cc(-c4ccc(C(F)(F)F)cn4)cn3)(C1)C2)[C@@H]1CNc2cc(Cl)ccc2O1. The van der Waals surface area contributed by atoms with Crippen LogP contribution in [0.2, 0.25) is 5.02 Å². The van der Waals surface area contributed by atoms with E-state index in [4.69, 9.17) is 16.3 Å². The summed E-state index contributed by atoms with van der Waals surface area (Å²) in [5.74, 6) is 0.419. The van der Waals surface area contributed by atoms with Gasteiger partial charge in [0.1, 0.15) is 5.75 Å². The minimum Gasteiger partial charge on any atom is -0.477 e. The first-order chi connectivity index (χ1) is 16.1. The van der Waals surface area contributed by atoms with Gasteiger partial charge in [-0.3, -0.25) is 14.5 Å². The van der Waals surface area contributed by atoms with E-state index in [-0.39, 0.29) is 17.0 Å². The van der Waals surface area contributed by atoms with Gasteiger partial charge in [0.15, 0.2) is 6.10 Å². The largest absolute Gasteiger partial charge is 0.477 e. The molecule has 0 unspecified atom stereocenters. The van der Waals surface area contributed by atoms with Crippen LogP contribution in [0.5, 0.6) is 5.75 Å². The Balaban J connectivity index is 1.08. The van der Waals surface area contributed by atoms with Crippen LogP contribution < -0.4 is 15.4 Å². The highest BCUT2D eigenvalue weighted by Gasteiger charge is 2.70. The standard InChI is InChI=1S/C23H19ClF3N5O2/c24-15-2-4-18-17(5-15)29-8-19(34-18)20(33)31-21-10-22(11-21,12-21)32-9-13(6-30-32)16-3-1-14(7-28-16)23(25,26)27/h1-7,9,19,29H,8,10-12H2,(H,31,33)/t19-,21?,22?/m0/s1. The lowest BCUT2D eigenvalue weighted by molar-refractivity contribution is -0.163. The molecular formula is C23H19ClF3N5O2. The van der Waals surface area contributed by atoms with Crippen LogP contribution in [0.4, 0.5) is 18.9 Å². The molecule has 1 aliphatic heterocycles. The van der Waals surface area contributed by atoms with E-state index in [2.05, 4.69) is 20.7 Å². The van der Waals surface area contributed by atoms with Gasteiger partial charge in [0.05, 0.1) is 35.2 Å². The number of rotatable bonds is 4. The Morgan fingerprint density at radius 1 is 1.21 bits per heavy atom. The predicted octanol–water partition coefficient (Wildman–Crippen LogP) is 4.24. The third-order valence-corrected chi connectivity index (χ3v) is 7.06. The highest BCUT2D eigenvalue weighted by molar-refractivity contribution is 6.30. The Hall–Kier alpha value is -3.27. The monoisotopic (exact) mass is 489 g/mol. The number of aromatic nitrogens is 3. The molecule has 3 aliphatic carbocycles. The second-order valence-corrected chi connectivity index (χ2v) is 9.69. The summed E-state index contributed by atoms with van der Waals surface area (Å²) >= 11 is 5.99. The Morgan fingerprint density at radius 2 is 2.00 bits per heavy atom. The van der Waals surface area contributed by atoms with E-state index in [1.807, 2.05) is 4.68 Å². The first-order valence-electron chi connectivity index (χ1n) is 10.8. The van der Waals surface area contributed by atoms with Gasteiger partial charge in [-0.2, -0.15) is 18.3 Å². The third kappa shape index (κ3) is 3.39. The molecule has 3 aromatic rings. The fourth-order valence-electron chi connectivity index (χ4n) is 5.19. The van der Waals surface area contributed by atoms with Crippen LogP contribution in [-0.4, -0.2) is 38.9 Å². The molecule has 7 nitrogen and oxygen atoms in total. The summed E-state index contributed by atoms with van der Waals surface area (Å²) in [6, 6.07) is 7.57. The Morgan fingerprint density at radius 3 is 2.71 bits per heavy atom. The van der Waals surface area contributed by atoms with Gasteiger partial charge < -0.3 is 15.4 Å². The number of carbonyl (C=O) groups excluding carboxylic acids is 1. The summed E-state index contributed by atoms with van der Waals surface area (Å²) in [6.07, 6.45) is 1.38. The molecule has 0 saturated heterocycles. The minimum absolute atomic E-state index is 0.170. The third-order valence-electron chi connectivity index (χ3n) is 6.83. The highest BCUT2D eigenvalue weighted by Crippen LogP contribution is 2.65. The number of anilines is 1. The van der Waals surface area contributed by atoms with Crippen LogP contribution >= 0.6 is 11.6 Å². The summed E-state index contributed by atoms with van der Waals surface area (Å²) in [7, 11) is 0. The maximum Gasteiger partial charge on any atom is 0.417 e. The second-order valence-electron chi connectivity index (χ2n) is 9.26. The number of nitrogens with zero attached hydrogens (tertiary/aromatic N) is 3. The van der Waals surface area contributed by atoms with Crippen molar-refractivity contribution in [2.45, 2.75) is 42.6 Å². The summed E-state index contributed by atoms with van der Waals surface area (Å²) < 4.78 is 46.0. The van der Waals surface area contributed by atoms with Crippen molar-refractivity contribution in [1.29, 1.82) is 0 Å². The summed E-state index contributed by atoms with van der Waals surface area (Å²) in [6.45, 7) is 0.350. The van der Waals surface area contributed by atoms with Gasteiger partial charge in [-0.25, -0.2) is 0 Å². The zero-order chi connectivity index (χ0) is 23.7. The van der Waals surface area contributed by atoms with Gasteiger partial charge in [-0.1, -0.05) is 11.6 Å². The van der Waals surface area contributed by atoms with E-state index < -0.39 is 17.8 Å². The fourth-order valence-corrected chi connectivity index (χ4v) is 5.36. The number of alkyl halides is 3. The fraction of sp³-hybridized carbons (Fsp3) is 0.348. The topological polar surface area (TPSA) is 81.1 Å². The van der Waals surface area contributed by atoms with E-state index >= 15 is 0 Å². The second kappa shape index (κ2) is 7.11. The molecule has 176 valence electrons. The lowest BCUT2D eigenvalue weighted by Crippen LogP contribution is -2.79. The average Bonchev–Trinajstić information content (AvgIpc) is 3.24. The van der Waals surface area contributed by atoms with Crippen LogP contribution in [0, 0.1) is 0 Å². The number of fused-ring (bicyclic) bond motifs is 1. The van der Waals surface area contributed by atoms with E-state index in [0.717, 1.165) is 37.2 Å². The molecule has 1 amide bonds. The van der Waals surface area contributed by atoms with Crippen LogP contribution in [0.3, 0.4) is 0 Å². The number of pyridine rings is 1. The molecule has 11 heteroatoms. The van der Waals surface area contributed by atoms with Crippen molar-refractivity contribution >= 4 is 23.2 Å². The molecule has 0 radical (unpaired) electrons. The molecule has 0 spiro atoms. The van der Waals surface area contributed by atoms with Crippen molar-refractivity contribution in [3.05, 3.63) is 59.5 Å². The number of halogens is 4. The minimum atomic E-state index is -4.42. The average molecular weight is 490 g/mol. The van der Waals surface area contributed by atoms with E-state index in [0.29, 0.717) is 28.6 Å². The van der Waals surface area contributed by atoms with Crippen molar-refractivity contribution in [2.75, 3.05) is 11.9 Å². The molecule has 1 aromatic carbocycles. The Kier molecular flexibility index (Phi) is 4.45. The van der Waals surface area contributed by atoms with Crippen molar-refractivity contribution in [3.63, 3.8) is 0 Å². The normalized spacial score (nSPS) is 26.9. The molecule has 34 heavy (non-hydrogen) atoms. The molecule has 2 aromatic heterocycles. The van der Waals surface area contributed by atoms with E-state index in [9.17, 15) is 18.0 Å². The van der Waals surface area contributed by atoms with E-state index in [1.54, 1.807) is 30.6 Å². The zero-order valence-corrected chi connectivity index (χ0v) is 18.5. The van der Waals surface area contributed by atoms with Crippen LogP contribution in [-0.2, 0) is 16.5 Å². The number of benzene rings is 1. The van der Waals surface area contributed by atoms with Crippen molar-refractivity contribution in [2.24, 2.45) is 0 Å². The first kappa shape index (κ1) is 21.3. The van der Waals surface area contributed by atoms with Gasteiger partial charge in [0.2, 0.25) is 0 Å². The number of hydrogen-bond donors (Lipinski definition) is 2. The van der Waals surface area contributed by atoms with Crippen molar-refractivity contribution in [1.82, 2.24) is 20.1 Å². The van der Waals surface area contributed by atoms with Gasteiger partial charge in [0.25, 0.3) is 5.91 Å². The predicted molar refractivity (Wildman–Crippen MR) is 118 cm³/mol. The van der Waals surface area contributed by atoms with Crippen LogP contribution in [0.25, 0.3) is 11.3 Å². The molecule has 4 aliphatic rings. The van der Waals surface area contributed by atoms with Crippen LogP contribution in [0.15, 0.2) is 48.9 Å². The smallest absolute Gasteiger partial charge is 0.417 e. The van der Waals surface area contributed by atoms with Crippen molar-refractivity contribution < 1.29 is 22.7 Å². The molecule has 3 heterocycles. The molecule has 3 saturated carbocycles. The molecular weight excluding hydrogens is 471 g/mol. The van der Waals surface area contributed by atoms with Gasteiger partial charge >= 0.3 is 6.18 Å². The number of nitrogens with one attached hydrogen (secondary N) is 2. The highest BCUT2D eigenvalue weighted by atomic mass is 35.5. The zero-order valence-electron chi connectivity index (χ0n) is 17.7. The number of ether oxygens (including phenoxy) is 1. The first-order valence-corrected chi connectivity index (χ1v) is 11.1. The maximum absolute atomic E-state index is 12.8. The Bertz CT molecular complexity index is 1270. The van der Waals surface area contributed by atoms with Gasteiger partial charge in [-0.15, -0.1) is 0 Å².